The first-order valence-corrected chi connectivity index (χ1v) is 10.3. The summed E-state index contributed by atoms with van der Waals surface area (Å²) in [5.41, 5.74) is -1.77. The van der Waals surface area contributed by atoms with Crippen LogP contribution in [0.25, 0.3) is 5.76 Å². The molecule has 0 bridgehead atoms. The van der Waals surface area contributed by atoms with Crippen molar-refractivity contribution >= 4 is 17.3 Å². The van der Waals surface area contributed by atoms with Gasteiger partial charge in [0.2, 0.25) is 11.6 Å². The Bertz CT molecular complexity index is 1080. The number of benzene rings is 1. The van der Waals surface area contributed by atoms with E-state index in [1.54, 1.807) is 0 Å². The standard InChI is InChI=1S/C21H22O12/c1-4-8-12(19-20(31-4)33-21(29)32-19)16(26)10-11(14(8)24)18(28)17(27)9(15(10)25)7-3-6(22)13(23)5(2)30-7/h4-7,13,19-26,29H,3H2,1-2H3. The summed E-state index contributed by atoms with van der Waals surface area (Å²) in [4.78, 5) is 26.0. The lowest BCUT2D eigenvalue weighted by Gasteiger charge is -2.38. The topological polar surface area (TPSA) is 192 Å². The lowest BCUT2D eigenvalue weighted by molar-refractivity contribution is -0.242. The molecule has 2 saturated heterocycles. The molecule has 8 unspecified atom stereocenters. The third-order valence-corrected chi connectivity index (χ3v) is 6.52. The SMILES string of the molecule is CC1OC2OC(O)OC2c2c(O)c3c(c(O)c21)C(=O)C(=O)C(C1CC(O)C(O)C(C)O1)=C3O. The third kappa shape index (κ3) is 3.03. The maximum atomic E-state index is 13.0. The number of hydrogen-bond donors (Lipinski definition) is 6. The van der Waals surface area contributed by atoms with E-state index in [1.165, 1.54) is 13.8 Å². The van der Waals surface area contributed by atoms with Crippen LogP contribution >= 0.6 is 0 Å². The maximum Gasteiger partial charge on any atom is 0.272 e. The molecule has 12 heteroatoms. The minimum absolute atomic E-state index is 0.0521. The van der Waals surface area contributed by atoms with Crippen molar-refractivity contribution in [2.45, 2.75) is 69.7 Å². The highest BCUT2D eigenvalue weighted by atomic mass is 16.9. The predicted molar refractivity (Wildman–Crippen MR) is 104 cm³/mol. The van der Waals surface area contributed by atoms with Crippen LogP contribution in [-0.4, -0.2) is 79.4 Å². The van der Waals surface area contributed by atoms with Crippen LogP contribution in [0.1, 0.15) is 59.5 Å². The first-order valence-electron chi connectivity index (χ1n) is 10.3. The van der Waals surface area contributed by atoms with E-state index in [2.05, 4.69) is 0 Å². The van der Waals surface area contributed by atoms with Crippen LogP contribution in [0.5, 0.6) is 11.5 Å². The molecule has 4 aliphatic rings. The number of aliphatic hydroxyl groups excluding tert-OH is 4. The number of ether oxygens (including phenoxy) is 4. The van der Waals surface area contributed by atoms with Gasteiger partial charge in [0, 0.05) is 17.5 Å². The molecule has 5 rings (SSSR count). The third-order valence-electron chi connectivity index (χ3n) is 6.52. The fourth-order valence-corrected chi connectivity index (χ4v) is 4.93. The van der Waals surface area contributed by atoms with Gasteiger partial charge in [0.1, 0.15) is 29.5 Å². The Morgan fingerprint density at radius 1 is 0.818 bits per heavy atom. The molecule has 1 aromatic carbocycles. The first-order chi connectivity index (χ1) is 15.5. The maximum absolute atomic E-state index is 13.0. The molecule has 1 aromatic rings. The number of carbonyl (C=O) groups excluding carboxylic acids is 2. The van der Waals surface area contributed by atoms with Crippen molar-refractivity contribution in [3.8, 4) is 11.5 Å². The van der Waals surface area contributed by atoms with Gasteiger partial charge in [-0.2, -0.15) is 0 Å². The molecule has 0 aromatic heterocycles. The molecule has 0 spiro atoms. The van der Waals surface area contributed by atoms with Crippen LogP contribution in [0.2, 0.25) is 0 Å². The molecule has 178 valence electrons. The van der Waals surface area contributed by atoms with Crippen LogP contribution in [0.15, 0.2) is 5.57 Å². The highest BCUT2D eigenvalue weighted by Gasteiger charge is 2.51. The number of carbonyl (C=O) groups is 2. The van der Waals surface area contributed by atoms with Crippen LogP contribution < -0.4 is 0 Å². The van der Waals surface area contributed by atoms with E-state index in [1.807, 2.05) is 0 Å². The summed E-state index contributed by atoms with van der Waals surface area (Å²) >= 11 is 0. The number of rotatable bonds is 1. The normalized spacial score (nSPS) is 38.2. The van der Waals surface area contributed by atoms with E-state index in [4.69, 9.17) is 18.9 Å². The minimum Gasteiger partial charge on any atom is -0.507 e. The average molecular weight is 466 g/mol. The second-order valence-electron chi connectivity index (χ2n) is 8.47. The Labute approximate surface area is 186 Å². The number of Topliss-reactive ketones (excluding diaryl/α,β-unsaturated/α-hetero) is 2. The second kappa shape index (κ2) is 7.46. The van der Waals surface area contributed by atoms with E-state index in [9.17, 15) is 40.2 Å². The minimum atomic E-state index is -1.68. The molecule has 0 saturated carbocycles. The Kier molecular flexibility index (Phi) is 5.03. The summed E-state index contributed by atoms with van der Waals surface area (Å²) in [6.07, 6.45) is -8.28. The fourth-order valence-electron chi connectivity index (χ4n) is 4.93. The lowest BCUT2D eigenvalue weighted by Crippen LogP contribution is -2.49. The van der Waals surface area contributed by atoms with E-state index in [-0.39, 0.29) is 17.5 Å². The molecular weight excluding hydrogens is 444 g/mol. The van der Waals surface area contributed by atoms with Crippen LogP contribution in [0.4, 0.5) is 0 Å². The summed E-state index contributed by atoms with van der Waals surface area (Å²) in [6, 6.07) is 0. The zero-order chi connectivity index (χ0) is 23.9. The number of aliphatic hydroxyl groups is 4. The summed E-state index contributed by atoms with van der Waals surface area (Å²) in [6.45, 7) is 1.27. The Morgan fingerprint density at radius 2 is 1.48 bits per heavy atom. The highest BCUT2D eigenvalue weighted by Crippen LogP contribution is 2.55. The van der Waals surface area contributed by atoms with Crippen molar-refractivity contribution in [3.05, 3.63) is 27.8 Å². The number of phenolic OH excluding ortho intramolecular Hbond substituents is 2. The smallest absolute Gasteiger partial charge is 0.272 e. The van der Waals surface area contributed by atoms with E-state index in [0.29, 0.717) is 0 Å². The quantitative estimate of drug-likeness (QED) is 0.236. The van der Waals surface area contributed by atoms with Gasteiger partial charge >= 0.3 is 0 Å². The molecule has 3 heterocycles. The van der Waals surface area contributed by atoms with Gasteiger partial charge in [-0.15, -0.1) is 0 Å². The first kappa shape index (κ1) is 22.2. The Balaban J connectivity index is 1.72. The van der Waals surface area contributed by atoms with Crippen LogP contribution in [0.3, 0.4) is 0 Å². The average Bonchev–Trinajstić information content (AvgIpc) is 3.11. The van der Waals surface area contributed by atoms with Gasteiger partial charge in [0.25, 0.3) is 6.48 Å². The molecule has 33 heavy (non-hydrogen) atoms. The largest absolute Gasteiger partial charge is 0.507 e. The van der Waals surface area contributed by atoms with Crippen molar-refractivity contribution in [1.82, 2.24) is 0 Å². The number of phenols is 2. The lowest BCUT2D eigenvalue weighted by atomic mass is 9.78. The Morgan fingerprint density at radius 3 is 2.15 bits per heavy atom. The molecule has 3 aliphatic heterocycles. The molecule has 1 aliphatic carbocycles. The molecular formula is C21H22O12. The number of aromatic hydroxyl groups is 2. The number of hydrogen-bond acceptors (Lipinski definition) is 12. The van der Waals surface area contributed by atoms with E-state index in [0.717, 1.165) is 0 Å². The molecule has 0 radical (unpaired) electrons. The van der Waals surface area contributed by atoms with Crippen LogP contribution in [-0.2, 0) is 23.7 Å². The van der Waals surface area contributed by atoms with Gasteiger partial charge in [0.05, 0.1) is 41.1 Å². The van der Waals surface area contributed by atoms with Crippen molar-refractivity contribution in [2.24, 2.45) is 0 Å². The van der Waals surface area contributed by atoms with Crippen molar-refractivity contribution in [3.63, 3.8) is 0 Å². The van der Waals surface area contributed by atoms with E-state index < -0.39 is 94.9 Å². The van der Waals surface area contributed by atoms with Crippen molar-refractivity contribution < 1.29 is 59.2 Å². The zero-order valence-corrected chi connectivity index (χ0v) is 17.5. The fraction of sp³-hybridized carbons (Fsp3) is 0.524. The molecule has 12 nitrogen and oxygen atoms in total. The van der Waals surface area contributed by atoms with Crippen molar-refractivity contribution in [2.75, 3.05) is 0 Å². The van der Waals surface area contributed by atoms with Gasteiger partial charge in [-0.3, -0.25) is 14.3 Å². The number of fused-ring (bicyclic) bond motifs is 4. The zero-order valence-electron chi connectivity index (χ0n) is 17.5. The highest BCUT2D eigenvalue weighted by molar-refractivity contribution is 6.53. The second-order valence-corrected chi connectivity index (χ2v) is 8.47. The summed E-state index contributed by atoms with van der Waals surface area (Å²) in [5, 5.41) is 62.8. The summed E-state index contributed by atoms with van der Waals surface area (Å²) in [5.74, 6) is -4.56. The van der Waals surface area contributed by atoms with Gasteiger partial charge < -0.3 is 44.8 Å². The monoisotopic (exact) mass is 466 g/mol. The van der Waals surface area contributed by atoms with E-state index >= 15 is 0 Å². The van der Waals surface area contributed by atoms with Gasteiger partial charge in [0.15, 0.2) is 6.29 Å². The van der Waals surface area contributed by atoms with Gasteiger partial charge in [-0.05, 0) is 13.8 Å². The summed E-state index contributed by atoms with van der Waals surface area (Å²) < 4.78 is 21.4. The Hall–Kier alpha value is -2.58. The van der Waals surface area contributed by atoms with Crippen molar-refractivity contribution in [1.29, 1.82) is 0 Å². The summed E-state index contributed by atoms with van der Waals surface area (Å²) in [7, 11) is 0. The predicted octanol–water partition coefficient (Wildman–Crippen LogP) is -0.187. The number of ketones is 2. The van der Waals surface area contributed by atoms with Crippen LogP contribution in [0, 0.1) is 0 Å². The molecule has 8 atom stereocenters. The van der Waals surface area contributed by atoms with Gasteiger partial charge in [-0.1, -0.05) is 0 Å². The van der Waals surface area contributed by atoms with Gasteiger partial charge in [-0.25, -0.2) is 0 Å². The molecule has 2 fully saturated rings. The molecule has 0 amide bonds. The molecule has 6 N–H and O–H groups in total.